The van der Waals surface area contributed by atoms with Crippen molar-refractivity contribution in [3.05, 3.63) is 34.9 Å². The van der Waals surface area contributed by atoms with Gasteiger partial charge < -0.3 is 5.11 Å². The minimum atomic E-state index is -0.348. The Balaban J connectivity index is 2.17. The summed E-state index contributed by atoms with van der Waals surface area (Å²) >= 11 is 3.52. The van der Waals surface area contributed by atoms with Crippen LogP contribution in [-0.4, -0.2) is 11.2 Å². The maximum Gasteiger partial charge on any atom is 0.0953 e. The SMILES string of the molecule is O[C@H]1C(Br)=C[C@]23C=CC=C[C@@]12CCCC3. The second kappa shape index (κ2) is 3.08. The lowest BCUT2D eigenvalue weighted by Gasteiger charge is -2.49. The summed E-state index contributed by atoms with van der Waals surface area (Å²) in [6.45, 7) is 0. The van der Waals surface area contributed by atoms with Gasteiger partial charge in [0.2, 0.25) is 0 Å². The summed E-state index contributed by atoms with van der Waals surface area (Å²) in [5, 5.41) is 10.4. The lowest BCUT2D eigenvalue weighted by Crippen LogP contribution is -2.45. The number of allylic oxidation sites excluding steroid dienone is 4. The maximum absolute atomic E-state index is 10.4. The van der Waals surface area contributed by atoms with Crippen LogP contribution in [0.2, 0.25) is 0 Å². The van der Waals surface area contributed by atoms with E-state index in [9.17, 15) is 5.11 Å². The molecule has 0 unspecified atom stereocenters. The van der Waals surface area contributed by atoms with Gasteiger partial charge in [-0.25, -0.2) is 0 Å². The zero-order valence-electron chi connectivity index (χ0n) is 8.62. The highest BCUT2D eigenvalue weighted by molar-refractivity contribution is 9.11. The molecule has 0 amide bonds. The number of aliphatic hydroxyl groups is 1. The predicted molar refractivity (Wildman–Crippen MR) is 64.6 cm³/mol. The first-order valence-electron chi connectivity index (χ1n) is 5.64. The van der Waals surface area contributed by atoms with Gasteiger partial charge in [0, 0.05) is 15.3 Å². The maximum atomic E-state index is 10.4. The molecule has 0 spiro atoms. The molecule has 0 aromatic rings. The molecule has 0 aromatic carbocycles. The van der Waals surface area contributed by atoms with E-state index in [-0.39, 0.29) is 16.9 Å². The van der Waals surface area contributed by atoms with Crippen LogP contribution in [0.25, 0.3) is 0 Å². The van der Waals surface area contributed by atoms with E-state index < -0.39 is 0 Å². The van der Waals surface area contributed by atoms with E-state index in [0.29, 0.717) is 0 Å². The zero-order chi connectivity index (χ0) is 10.5. The van der Waals surface area contributed by atoms with E-state index in [1.165, 1.54) is 19.3 Å². The molecule has 0 aromatic heterocycles. The van der Waals surface area contributed by atoms with Crippen LogP contribution < -0.4 is 0 Å². The van der Waals surface area contributed by atoms with Crippen molar-refractivity contribution in [2.75, 3.05) is 0 Å². The molecule has 3 rings (SSSR count). The summed E-state index contributed by atoms with van der Waals surface area (Å²) in [6, 6.07) is 0. The Bertz CT molecular complexity index is 382. The van der Waals surface area contributed by atoms with Gasteiger partial charge in [0.25, 0.3) is 0 Å². The summed E-state index contributed by atoms with van der Waals surface area (Å²) in [4.78, 5) is 0. The third kappa shape index (κ3) is 1.07. The van der Waals surface area contributed by atoms with E-state index in [4.69, 9.17) is 0 Å². The summed E-state index contributed by atoms with van der Waals surface area (Å²) in [6.07, 6.45) is 15.4. The molecule has 0 saturated heterocycles. The molecule has 2 heteroatoms. The van der Waals surface area contributed by atoms with Crippen LogP contribution in [0.4, 0.5) is 0 Å². The third-order valence-corrected chi connectivity index (χ3v) is 5.00. The average Bonchev–Trinajstić information content (AvgIpc) is 2.49. The molecular formula is C13H15BrO. The van der Waals surface area contributed by atoms with Gasteiger partial charge in [-0.15, -0.1) is 0 Å². The molecule has 0 aliphatic heterocycles. The van der Waals surface area contributed by atoms with Gasteiger partial charge in [-0.1, -0.05) is 59.2 Å². The highest BCUT2D eigenvalue weighted by Crippen LogP contribution is 2.63. The normalized spacial score (nSPS) is 47.3. The number of halogens is 1. The highest BCUT2D eigenvalue weighted by atomic mass is 79.9. The Kier molecular flexibility index (Phi) is 2.02. The van der Waals surface area contributed by atoms with Crippen molar-refractivity contribution in [1.29, 1.82) is 0 Å². The average molecular weight is 267 g/mol. The van der Waals surface area contributed by atoms with Crippen molar-refractivity contribution in [1.82, 2.24) is 0 Å². The predicted octanol–water partition coefficient (Wildman–Crippen LogP) is 3.31. The summed E-state index contributed by atoms with van der Waals surface area (Å²) in [5.74, 6) is 0. The lowest BCUT2D eigenvalue weighted by molar-refractivity contribution is 0.0170. The van der Waals surface area contributed by atoms with Gasteiger partial charge in [-0.3, -0.25) is 0 Å². The van der Waals surface area contributed by atoms with Crippen LogP contribution in [-0.2, 0) is 0 Å². The Labute approximate surface area is 98.7 Å². The molecule has 80 valence electrons. The van der Waals surface area contributed by atoms with E-state index >= 15 is 0 Å². The second-order valence-electron chi connectivity index (χ2n) is 4.94. The van der Waals surface area contributed by atoms with Crippen LogP contribution in [0, 0.1) is 10.8 Å². The van der Waals surface area contributed by atoms with Crippen molar-refractivity contribution >= 4 is 15.9 Å². The molecule has 0 radical (unpaired) electrons. The van der Waals surface area contributed by atoms with Crippen LogP contribution in [0.3, 0.4) is 0 Å². The zero-order valence-corrected chi connectivity index (χ0v) is 10.2. The van der Waals surface area contributed by atoms with Gasteiger partial charge in [-0.2, -0.15) is 0 Å². The first kappa shape index (κ1) is 9.86. The van der Waals surface area contributed by atoms with E-state index in [2.05, 4.69) is 46.3 Å². The molecule has 3 atom stereocenters. The van der Waals surface area contributed by atoms with Crippen LogP contribution in [0.1, 0.15) is 25.7 Å². The molecule has 1 saturated carbocycles. The van der Waals surface area contributed by atoms with Gasteiger partial charge in [0.1, 0.15) is 0 Å². The molecule has 1 fully saturated rings. The van der Waals surface area contributed by atoms with Gasteiger partial charge in [0.15, 0.2) is 0 Å². The van der Waals surface area contributed by atoms with Crippen molar-refractivity contribution < 1.29 is 5.11 Å². The van der Waals surface area contributed by atoms with Crippen molar-refractivity contribution in [2.24, 2.45) is 10.8 Å². The topological polar surface area (TPSA) is 20.2 Å². The lowest BCUT2D eigenvalue weighted by atomic mass is 9.55. The summed E-state index contributed by atoms with van der Waals surface area (Å²) in [7, 11) is 0. The fraction of sp³-hybridized carbons (Fsp3) is 0.538. The molecule has 3 aliphatic rings. The molecular weight excluding hydrogens is 252 g/mol. The van der Waals surface area contributed by atoms with Crippen molar-refractivity contribution in [3.63, 3.8) is 0 Å². The first-order valence-corrected chi connectivity index (χ1v) is 6.43. The molecule has 1 N–H and O–H groups in total. The van der Waals surface area contributed by atoms with Crippen LogP contribution >= 0.6 is 15.9 Å². The minimum absolute atomic E-state index is 0.0567. The highest BCUT2D eigenvalue weighted by Gasteiger charge is 2.57. The standard InChI is InChI=1S/C13H15BrO/c14-10-9-12-5-1-3-7-13(12,11(10)15)8-4-2-6-12/h1,3,5,7,9,11,15H,2,4,6,8H2/t11-,12+,13+/m0/s1. The molecule has 3 aliphatic carbocycles. The van der Waals surface area contributed by atoms with Crippen molar-refractivity contribution in [2.45, 2.75) is 31.8 Å². The number of rotatable bonds is 0. The summed E-state index contributed by atoms with van der Waals surface area (Å²) in [5.41, 5.74) is 0.0249. The number of aliphatic hydroxyl groups excluding tert-OH is 1. The fourth-order valence-electron chi connectivity index (χ4n) is 3.54. The molecule has 15 heavy (non-hydrogen) atoms. The summed E-state index contributed by atoms with van der Waals surface area (Å²) < 4.78 is 0.973. The van der Waals surface area contributed by atoms with Gasteiger partial charge >= 0.3 is 0 Å². The minimum Gasteiger partial charge on any atom is -0.387 e. The molecule has 0 bridgehead atoms. The van der Waals surface area contributed by atoms with E-state index in [1.54, 1.807) is 0 Å². The number of hydrogen-bond donors (Lipinski definition) is 1. The van der Waals surface area contributed by atoms with Crippen LogP contribution in [0.15, 0.2) is 34.9 Å². The van der Waals surface area contributed by atoms with E-state index in [0.717, 1.165) is 10.9 Å². The third-order valence-electron chi connectivity index (χ3n) is 4.34. The Hall–Kier alpha value is -0.340. The molecule has 1 nitrogen and oxygen atoms in total. The smallest absolute Gasteiger partial charge is 0.0953 e. The van der Waals surface area contributed by atoms with Gasteiger partial charge in [0.05, 0.1) is 6.10 Å². The Morgan fingerprint density at radius 3 is 2.73 bits per heavy atom. The van der Waals surface area contributed by atoms with Crippen LogP contribution in [0.5, 0.6) is 0 Å². The Morgan fingerprint density at radius 2 is 1.93 bits per heavy atom. The van der Waals surface area contributed by atoms with Crippen molar-refractivity contribution in [3.8, 4) is 0 Å². The number of hydrogen-bond acceptors (Lipinski definition) is 1. The van der Waals surface area contributed by atoms with Gasteiger partial charge in [-0.05, 0) is 12.8 Å². The van der Waals surface area contributed by atoms with E-state index in [1.807, 2.05) is 0 Å². The largest absolute Gasteiger partial charge is 0.387 e. The first-order chi connectivity index (χ1) is 7.20. The second-order valence-corrected chi connectivity index (χ2v) is 5.85. The fourth-order valence-corrected chi connectivity index (χ4v) is 4.36. The quantitative estimate of drug-likeness (QED) is 0.714. The molecule has 0 heterocycles. The Morgan fingerprint density at radius 1 is 1.20 bits per heavy atom. The monoisotopic (exact) mass is 266 g/mol.